The van der Waals surface area contributed by atoms with Crippen LogP contribution in [0, 0.1) is 0 Å². The number of aromatic carboxylic acids is 1. The zero-order valence-electron chi connectivity index (χ0n) is 7.56. The van der Waals surface area contributed by atoms with Crippen LogP contribution in [-0.4, -0.2) is 17.7 Å². The minimum absolute atomic E-state index is 0.113. The predicted molar refractivity (Wildman–Crippen MR) is 50.4 cm³/mol. The Bertz CT molecular complexity index is 376. The summed E-state index contributed by atoms with van der Waals surface area (Å²) in [6.07, 6.45) is 0.732. The maximum Gasteiger partial charge on any atom is 0.335 e. The van der Waals surface area contributed by atoms with E-state index in [9.17, 15) is 4.79 Å². The second-order valence-corrected chi connectivity index (χ2v) is 3.30. The van der Waals surface area contributed by atoms with Crippen LogP contribution in [-0.2, 0) is 0 Å². The first-order valence-electron chi connectivity index (χ1n) is 4.44. The Hall–Kier alpha value is -1.55. The maximum absolute atomic E-state index is 10.7. The molecule has 4 heteroatoms. The lowest BCUT2D eigenvalue weighted by molar-refractivity contribution is 0.0696. The van der Waals surface area contributed by atoms with Gasteiger partial charge in [-0.3, -0.25) is 0 Å². The van der Waals surface area contributed by atoms with Gasteiger partial charge in [0.05, 0.1) is 12.2 Å². The molecule has 1 aromatic carbocycles. The van der Waals surface area contributed by atoms with Crippen LogP contribution in [0.3, 0.4) is 0 Å². The van der Waals surface area contributed by atoms with Gasteiger partial charge < -0.3 is 15.6 Å². The van der Waals surface area contributed by atoms with Crippen molar-refractivity contribution < 1.29 is 14.6 Å². The summed E-state index contributed by atoms with van der Waals surface area (Å²) in [5.41, 5.74) is 6.88. The average Bonchev–Trinajstić information content (AvgIpc) is 2.18. The van der Waals surface area contributed by atoms with Crippen LogP contribution in [0.5, 0.6) is 5.75 Å². The molecule has 0 radical (unpaired) electrons. The van der Waals surface area contributed by atoms with Crippen LogP contribution in [0.2, 0.25) is 0 Å². The second kappa shape index (κ2) is 3.31. The maximum atomic E-state index is 10.7. The largest absolute Gasteiger partial charge is 0.493 e. The Morgan fingerprint density at radius 1 is 1.57 bits per heavy atom. The van der Waals surface area contributed by atoms with E-state index in [-0.39, 0.29) is 11.6 Å². The van der Waals surface area contributed by atoms with Crippen molar-refractivity contribution in [2.24, 2.45) is 5.73 Å². The molecule has 14 heavy (non-hydrogen) atoms. The van der Waals surface area contributed by atoms with Crippen molar-refractivity contribution in [2.45, 2.75) is 12.5 Å². The number of ether oxygens (including phenoxy) is 1. The van der Waals surface area contributed by atoms with Crippen molar-refractivity contribution in [1.29, 1.82) is 0 Å². The van der Waals surface area contributed by atoms with E-state index in [1.807, 2.05) is 0 Å². The predicted octanol–water partition coefficient (Wildman–Crippen LogP) is 1.17. The Labute approximate surface area is 81.3 Å². The highest BCUT2D eigenvalue weighted by Crippen LogP contribution is 2.30. The molecule has 0 amide bonds. The van der Waals surface area contributed by atoms with Crippen molar-refractivity contribution in [2.75, 3.05) is 6.61 Å². The average molecular weight is 193 g/mol. The van der Waals surface area contributed by atoms with Gasteiger partial charge in [-0.05, 0) is 18.2 Å². The Morgan fingerprint density at radius 2 is 2.36 bits per heavy atom. The highest BCUT2D eigenvalue weighted by atomic mass is 16.5. The number of nitrogens with two attached hydrogens (primary N) is 1. The quantitative estimate of drug-likeness (QED) is 0.702. The van der Waals surface area contributed by atoms with Gasteiger partial charge in [-0.2, -0.15) is 0 Å². The summed E-state index contributed by atoms with van der Waals surface area (Å²) in [5.74, 6) is -0.237. The van der Waals surface area contributed by atoms with E-state index in [0.29, 0.717) is 12.4 Å². The molecule has 1 aliphatic rings. The van der Waals surface area contributed by atoms with Gasteiger partial charge in [0.25, 0.3) is 0 Å². The molecule has 0 fully saturated rings. The van der Waals surface area contributed by atoms with E-state index in [2.05, 4.69) is 0 Å². The Kier molecular flexibility index (Phi) is 2.13. The molecule has 1 heterocycles. The van der Waals surface area contributed by atoms with Crippen molar-refractivity contribution in [1.82, 2.24) is 0 Å². The van der Waals surface area contributed by atoms with E-state index in [1.54, 1.807) is 12.1 Å². The normalized spacial score (nSPS) is 19.6. The summed E-state index contributed by atoms with van der Waals surface area (Å²) in [6, 6.07) is 4.66. The summed E-state index contributed by atoms with van der Waals surface area (Å²) in [6.45, 7) is 0.598. The fraction of sp³-hybridized carbons (Fsp3) is 0.300. The summed E-state index contributed by atoms with van der Waals surface area (Å²) in [5, 5.41) is 8.79. The number of rotatable bonds is 1. The number of hydrogen-bond acceptors (Lipinski definition) is 3. The fourth-order valence-corrected chi connectivity index (χ4v) is 1.55. The first kappa shape index (κ1) is 9.02. The molecule has 0 saturated carbocycles. The molecule has 1 aliphatic heterocycles. The van der Waals surface area contributed by atoms with Crippen LogP contribution < -0.4 is 10.5 Å². The lowest BCUT2D eigenvalue weighted by atomic mass is 9.99. The topological polar surface area (TPSA) is 72.5 Å². The first-order valence-corrected chi connectivity index (χ1v) is 4.44. The van der Waals surface area contributed by atoms with E-state index in [4.69, 9.17) is 15.6 Å². The van der Waals surface area contributed by atoms with Crippen molar-refractivity contribution in [3.63, 3.8) is 0 Å². The summed E-state index contributed by atoms with van der Waals surface area (Å²) in [7, 11) is 0. The van der Waals surface area contributed by atoms with Gasteiger partial charge in [-0.15, -0.1) is 0 Å². The van der Waals surface area contributed by atoms with Crippen LogP contribution in [0.15, 0.2) is 18.2 Å². The van der Waals surface area contributed by atoms with Gasteiger partial charge in [-0.1, -0.05) is 0 Å². The van der Waals surface area contributed by atoms with Gasteiger partial charge in [-0.25, -0.2) is 4.79 Å². The summed E-state index contributed by atoms with van der Waals surface area (Å²) in [4.78, 5) is 10.7. The van der Waals surface area contributed by atoms with Gasteiger partial charge in [0, 0.05) is 18.0 Å². The monoisotopic (exact) mass is 193 g/mol. The van der Waals surface area contributed by atoms with E-state index >= 15 is 0 Å². The van der Waals surface area contributed by atoms with Crippen LogP contribution in [0.25, 0.3) is 0 Å². The van der Waals surface area contributed by atoms with Crippen molar-refractivity contribution in [3.05, 3.63) is 29.3 Å². The smallest absolute Gasteiger partial charge is 0.335 e. The lowest BCUT2D eigenvalue weighted by Crippen LogP contribution is -2.21. The third-order valence-electron chi connectivity index (χ3n) is 2.34. The minimum Gasteiger partial charge on any atom is -0.493 e. The third kappa shape index (κ3) is 1.44. The lowest BCUT2D eigenvalue weighted by Gasteiger charge is -2.22. The van der Waals surface area contributed by atoms with Gasteiger partial charge in [0.2, 0.25) is 0 Å². The molecule has 0 aromatic heterocycles. The number of carboxylic acids is 1. The Balaban J connectivity index is 2.45. The molecule has 0 unspecified atom stereocenters. The molecule has 1 atom stereocenters. The van der Waals surface area contributed by atoms with Gasteiger partial charge in [0.1, 0.15) is 5.75 Å². The van der Waals surface area contributed by atoms with Crippen molar-refractivity contribution in [3.8, 4) is 5.75 Å². The third-order valence-corrected chi connectivity index (χ3v) is 2.34. The molecule has 0 aliphatic carbocycles. The first-order chi connectivity index (χ1) is 6.68. The molecule has 0 spiro atoms. The molecule has 3 N–H and O–H groups in total. The molecule has 0 bridgehead atoms. The zero-order chi connectivity index (χ0) is 10.1. The fourth-order valence-electron chi connectivity index (χ4n) is 1.55. The highest BCUT2D eigenvalue weighted by molar-refractivity contribution is 5.88. The number of benzene rings is 1. The van der Waals surface area contributed by atoms with Crippen LogP contribution >= 0.6 is 0 Å². The van der Waals surface area contributed by atoms with Crippen molar-refractivity contribution >= 4 is 5.97 Å². The molecule has 4 nitrogen and oxygen atoms in total. The van der Waals surface area contributed by atoms with Gasteiger partial charge in [0.15, 0.2) is 0 Å². The van der Waals surface area contributed by atoms with Gasteiger partial charge >= 0.3 is 5.97 Å². The molecular weight excluding hydrogens is 182 g/mol. The minimum atomic E-state index is -0.939. The molecule has 2 rings (SSSR count). The molecule has 74 valence electrons. The Morgan fingerprint density at radius 3 is 3.07 bits per heavy atom. The number of carboxylic acid groups (broad SMARTS) is 1. The summed E-state index contributed by atoms with van der Waals surface area (Å²) < 4.78 is 5.36. The number of carbonyl (C=O) groups is 1. The number of hydrogen-bond donors (Lipinski definition) is 2. The second-order valence-electron chi connectivity index (χ2n) is 3.30. The molecule has 0 saturated heterocycles. The molecular formula is C10H11NO3. The molecule has 1 aromatic rings. The van der Waals surface area contributed by atoms with Crippen LogP contribution in [0.1, 0.15) is 28.4 Å². The zero-order valence-corrected chi connectivity index (χ0v) is 7.56. The van der Waals surface area contributed by atoms with E-state index in [0.717, 1.165) is 12.0 Å². The highest BCUT2D eigenvalue weighted by Gasteiger charge is 2.19. The standard InChI is InChI=1S/C10H11NO3/c11-8-3-4-14-9-2-1-6(10(12)13)5-7(8)9/h1-2,5,8H,3-4,11H2,(H,12,13)/t8-/m0/s1. The van der Waals surface area contributed by atoms with Crippen LogP contribution in [0.4, 0.5) is 0 Å². The summed E-state index contributed by atoms with van der Waals surface area (Å²) >= 11 is 0. The SMILES string of the molecule is N[C@H]1CCOc2ccc(C(=O)O)cc21. The number of fused-ring (bicyclic) bond motifs is 1. The van der Waals surface area contributed by atoms with E-state index in [1.165, 1.54) is 6.07 Å². The van der Waals surface area contributed by atoms with E-state index < -0.39 is 5.97 Å².